The Balaban J connectivity index is 2.61. The highest BCUT2D eigenvalue weighted by molar-refractivity contribution is 5.80. The van der Waals surface area contributed by atoms with Crippen molar-refractivity contribution in [3.8, 4) is 17.2 Å². The van der Waals surface area contributed by atoms with Gasteiger partial charge in [-0.2, -0.15) is 5.26 Å². The number of nitrogen functional groups attached to an aromatic ring is 1. The van der Waals surface area contributed by atoms with Gasteiger partial charge in [0.05, 0.1) is 0 Å². The van der Waals surface area contributed by atoms with Crippen LogP contribution in [0, 0.1) is 18.3 Å². The second-order valence-corrected chi connectivity index (χ2v) is 5.89. The fraction of sp³-hybridized carbons (Fsp3) is 0.400. The summed E-state index contributed by atoms with van der Waals surface area (Å²) in [5.74, 6) is 0.317. The van der Waals surface area contributed by atoms with Crippen molar-refractivity contribution in [2.75, 3.05) is 23.7 Å². The van der Waals surface area contributed by atoms with E-state index in [0.29, 0.717) is 11.4 Å². The fourth-order valence-corrected chi connectivity index (χ4v) is 3.18. The number of benzene rings is 1. The molecule has 2 N–H and O–H groups in total. The summed E-state index contributed by atoms with van der Waals surface area (Å²) in [6.45, 7) is 10.4. The minimum Gasteiger partial charge on any atom is -0.383 e. The Morgan fingerprint density at radius 1 is 1.12 bits per heavy atom. The van der Waals surface area contributed by atoms with Crippen LogP contribution >= 0.6 is 0 Å². The Hall–Kier alpha value is -2.54. The van der Waals surface area contributed by atoms with Gasteiger partial charge in [0.2, 0.25) is 0 Å². The highest BCUT2D eigenvalue weighted by Crippen LogP contribution is 2.33. The van der Waals surface area contributed by atoms with Crippen LogP contribution in [0.2, 0.25) is 0 Å². The largest absolute Gasteiger partial charge is 0.383 e. The molecule has 0 saturated carbocycles. The highest BCUT2D eigenvalue weighted by atomic mass is 15.1. The molecule has 0 aliphatic rings. The van der Waals surface area contributed by atoms with Crippen molar-refractivity contribution in [2.45, 2.75) is 40.5 Å². The predicted molar refractivity (Wildman–Crippen MR) is 101 cm³/mol. The zero-order valence-electron chi connectivity index (χ0n) is 15.1. The molecule has 2 rings (SSSR count). The molecule has 0 aliphatic carbocycles. The van der Waals surface area contributed by atoms with Crippen molar-refractivity contribution in [3.05, 3.63) is 41.1 Å². The molecule has 1 heterocycles. The van der Waals surface area contributed by atoms with Crippen LogP contribution in [0.4, 0.5) is 11.5 Å². The minimum absolute atomic E-state index is 0.317. The van der Waals surface area contributed by atoms with E-state index in [2.05, 4.69) is 61.0 Å². The molecular weight excluding hydrogens is 296 g/mol. The van der Waals surface area contributed by atoms with Gasteiger partial charge in [-0.1, -0.05) is 25.5 Å². The third kappa shape index (κ3) is 3.35. The van der Waals surface area contributed by atoms with E-state index < -0.39 is 0 Å². The molecule has 0 amide bonds. The van der Waals surface area contributed by atoms with E-state index in [1.807, 2.05) is 6.92 Å². The van der Waals surface area contributed by atoms with Gasteiger partial charge in [-0.05, 0) is 50.5 Å². The first-order valence-electron chi connectivity index (χ1n) is 8.61. The van der Waals surface area contributed by atoms with Crippen LogP contribution in [0.3, 0.4) is 0 Å². The van der Waals surface area contributed by atoms with E-state index in [1.165, 1.54) is 5.69 Å². The van der Waals surface area contributed by atoms with Crippen LogP contribution in [0.5, 0.6) is 0 Å². The van der Waals surface area contributed by atoms with Crippen LogP contribution in [-0.2, 0) is 6.42 Å². The van der Waals surface area contributed by atoms with Crippen LogP contribution in [0.25, 0.3) is 11.1 Å². The summed E-state index contributed by atoms with van der Waals surface area (Å²) < 4.78 is 0. The second kappa shape index (κ2) is 7.83. The summed E-state index contributed by atoms with van der Waals surface area (Å²) in [4.78, 5) is 6.67. The first-order valence-corrected chi connectivity index (χ1v) is 8.61. The smallest absolute Gasteiger partial charge is 0.142 e. The maximum absolute atomic E-state index is 9.58. The van der Waals surface area contributed by atoms with Gasteiger partial charge in [-0.15, -0.1) is 0 Å². The number of rotatable bonds is 6. The summed E-state index contributed by atoms with van der Waals surface area (Å²) in [5.41, 5.74) is 11.7. The Morgan fingerprint density at radius 2 is 1.75 bits per heavy atom. The number of anilines is 2. The topological polar surface area (TPSA) is 65.9 Å². The Kier molecular flexibility index (Phi) is 5.81. The molecule has 4 nitrogen and oxygen atoms in total. The van der Waals surface area contributed by atoms with Crippen molar-refractivity contribution < 1.29 is 0 Å². The lowest BCUT2D eigenvalue weighted by molar-refractivity contribution is 0.866. The molecule has 0 spiro atoms. The number of hydrogen-bond donors (Lipinski definition) is 1. The first-order chi connectivity index (χ1) is 11.6. The molecule has 0 fully saturated rings. The average Bonchev–Trinajstić information content (AvgIpc) is 2.59. The summed E-state index contributed by atoms with van der Waals surface area (Å²) >= 11 is 0. The van der Waals surface area contributed by atoms with Gasteiger partial charge in [-0.3, -0.25) is 0 Å². The molecule has 4 heteroatoms. The quantitative estimate of drug-likeness (QED) is 0.860. The predicted octanol–water partition coefficient (Wildman–Crippen LogP) is 4.31. The number of nitrogens with zero attached hydrogens (tertiary/aromatic N) is 3. The summed E-state index contributed by atoms with van der Waals surface area (Å²) in [6.07, 6.45) is 1.89. The SMILES string of the molecule is CCCc1c(C)nc(N)c(C#N)c1-c1ccc(N(CC)CC)cc1. The number of aryl methyl sites for hydroxylation is 1. The number of aromatic nitrogens is 1. The van der Waals surface area contributed by atoms with Crippen molar-refractivity contribution in [3.63, 3.8) is 0 Å². The van der Waals surface area contributed by atoms with E-state index >= 15 is 0 Å². The van der Waals surface area contributed by atoms with Crippen molar-refractivity contribution >= 4 is 11.5 Å². The van der Waals surface area contributed by atoms with Gasteiger partial charge in [-0.25, -0.2) is 4.98 Å². The van der Waals surface area contributed by atoms with Gasteiger partial charge >= 0.3 is 0 Å². The van der Waals surface area contributed by atoms with E-state index in [0.717, 1.165) is 48.3 Å². The molecule has 2 aromatic rings. The normalized spacial score (nSPS) is 10.5. The van der Waals surface area contributed by atoms with Crippen molar-refractivity contribution in [1.29, 1.82) is 5.26 Å². The fourth-order valence-electron chi connectivity index (χ4n) is 3.18. The van der Waals surface area contributed by atoms with Crippen LogP contribution in [-0.4, -0.2) is 18.1 Å². The lowest BCUT2D eigenvalue weighted by Gasteiger charge is -2.22. The van der Waals surface area contributed by atoms with Gasteiger partial charge < -0.3 is 10.6 Å². The van der Waals surface area contributed by atoms with Crippen molar-refractivity contribution in [2.24, 2.45) is 0 Å². The van der Waals surface area contributed by atoms with Crippen LogP contribution in [0.1, 0.15) is 44.0 Å². The van der Waals surface area contributed by atoms with Crippen LogP contribution < -0.4 is 10.6 Å². The maximum atomic E-state index is 9.58. The van der Waals surface area contributed by atoms with Gasteiger partial charge in [0.15, 0.2) is 0 Å². The Bertz CT molecular complexity index is 738. The Labute approximate surface area is 144 Å². The second-order valence-electron chi connectivity index (χ2n) is 5.89. The monoisotopic (exact) mass is 322 g/mol. The Morgan fingerprint density at radius 3 is 2.25 bits per heavy atom. The molecule has 24 heavy (non-hydrogen) atoms. The number of hydrogen-bond acceptors (Lipinski definition) is 4. The molecule has 0 atom stereocenters. The highest BCUT2D eigenvalue weighted by Gasteiger charge is 2.17. The summed E-state index contributed by atoms with van der Waals surface area (Å²) in [7, 11) is 0. The molecule has 126 valence electrons. The molecule has 0 aliphatic heterocycles. The maximum Gasteiger partial charge on any atom is 0.142 e. The standard InChI is InChI=1S/C20H26N4/c1-5-8-17-14(4)23-20(22)18(13-21)19(17)15-9-11-16(12-10-15)24(6-2)7-3/h9-12H,5-8H2,1-4H3,(H2,22,23). The molecular formula is C20H26N4. The van der Waals surface area contributed by atoms with E-state index in [-0.39, 0.29) is 0 Å². The third-order valence-electron chi connectivity index (χ3n) is 4.43. The summed E-state index contributed by atoms with van der Waals surface area (Å²) in [5, 5.41) is 9.58. The van der Waals surface area contributed by atoms with Crippen LogP contribution in [0.15, 0.2) is 24.3 Å². The zero-order chi connectivity index (χ0) is 17.7. The molecule has 0 radical (unpaired) electrons. The molecule has 1 aromatic carbocycles. The number of nitrogens with two attached hydrogens (primary N) is 1. The van der Waals surface area contributed by atoms with E-state index in [4.69, 9.17) is 5.73 Å². The summed E-state index contributed by atoms with van der Waals surface area (Å²) in [6, 6.07) is 10.7. The molecule has 0 saturated heterocycles. The zero-order valence-corrected chi connectivity index (χ0v) is 15.1. The van der Waals surface area contributed by atoms with Gasteiger partial charge in [0, 0.05) is 30.0 Å². The lowest BCUT2D eigenvalue weighted by Crippen LogP contribution is -2.21. The minimum atomic E-state index is 0.317. The van der Waals surface area contributed by atoms with Gasteiger partial charge in [0.1, 0.15) is 17.5 Å². The van der Waals surface area contributed by atoms with Crippen molar-refractivity contribution in [1.82, 2.24) is 4.98 Å². The van der Waals surface area contributed by atoms with Gasteiger partial charge in [0.25, 0.3) is 0 Å². The lowest BCUT2D eigenvalue weighted by atomic mass is 9.92. The third-order valence-corrected chi connectivity index (χ3v) is 4.43. The number of pyridine rings is 1. The first kappa shape index (κ1) is 17.8. The average molecular weight is 322 g/mol. The van der Waals surface area contributed by atoms with E-state index in [1.54, 1.807) is 0 Å². The number of nitriles is 1. The molecule has 1 aromatic heterocycles. The molecule has 0 bridgehead atoms. The molecule has 0 unspecified atom stereocenters. The van der Waals surface area contributed by atoms with E-state index in [9.17, 15) is 5.26 Å².